The van der Waals surface area contributed by atoms with Gasteiger partial charge in [0.2, 0.25) is 0 Å². The number of benzene rings is 1. The highest BCUT2D eigenvalue weighted by Gasteiger charge is 2.24. The summed E-state index contributed by atoms with van der Waals surface area (Å²) in [6.07, 6.45) is 2.37. The maximum Gasteiger partial charge on any atom is 0.124 e. The second-order valence-corrected chi connectivity index (χ2v) is 4.40. The average Bonchev–Trinajstić information content (AvgIpc) is 3.18. The number of aliphatic hydroxyl groups excluding tert-OH is 2. The molecule has 17 heavy (non-hydrogen) atoms. The fourth-order valence-electron chi connectivity index (χ4n) is 1.70. The van der Waals surface area contributed by atoms with Gasteiger partial charge in [-0.3, -0.25) is 0 Å². The molecule has 1 aromatic carbocycles. The van der Waals surface area contributed by atoms with Crippen LogP contribution in [0.4, 0.5) is 0 Å². The number of nitrogens with one attached hydrogen (secondary N) is 1. The van der Waals surface area contributed by atoms with E-state index < -0.39 is 0 Å². The van der Waals surface area contributed by atoms with E-state index in [4.69, 9.17) is 9.84 Å². The van der Waals surface area contributed by atoms with E-state index in [1.54, 1.807) is 0 Å². The van der Waals surface area contributed by atoms with Gasteiger partial charge in [-0.05, 0) is 18.9 Å². The van der Waals surface area contributed by atoms with E-state index in [1.807, 2.05) is 24.3 Å². The fourth-order valence-corrected chi connectivity index (χ4v) is 1.70. The molecule has 1 aliphatic rings. The van der Waals surface area contributed by atoms with E-state index in [0.717, 1.165) is 5.56 Å². The van der Waals surface area contributed by atoms with Crippen molar-refractivity contribution in [3.63, 3.8) is 0 Å². The molecular formula is C13H19NO3. The highest BCUT2D eigenvalue weighted by Crippen LogP contribution is 2.20. The van der Waals surface area contributed by atoms with Crippen LogP contribution in [-0.2, 0) is 6.61 Å². The maximum absolute atomic E-state index is 9.22. The molecule has 94 valence electrons. The Balaban J connectivity index is 1.86. The largest absolute Gasteiger partial charge is 0.491 e. The van der Waals surface area contributed by atoms with Crippen molar-refractivity contribution < 1.29 is 14.9 Å². The molecule has 1 fully saturated rings. The van der Waals surface area contributed by atoms with Crippen LogP contribution in [0.15, 0.2) is 24.3 Å². The quantitative estimate of drug-likeness (QED) is 0.652. The summed E-state index contributed by atoms with van der Waals surface area (Å²) in [7, 11) is 0. The molecule has 0 bridgehead atoms. The summed E-state index contributed by atoms with van der Waals surface area (Å²) in [5, 5.41) is 21.7. The van der Waals surface area contributed by atoms with Gasteiger partial charge in [-0.25, -0.2) is 0 Å². The van der Waals surface area contributed by atoms with Gasteiger partial charge in [0.05, 0.1) is 19.3 Å². The first kappa shape index (κ1) is 12.4. The standard InChI is InChI=1S/C13H19NO3/c15-7-10-3-1-2-4-13(10)17-9-12(8-16)14-11-5-6-11/h1-4,11-12,14-16H,5-9H2. The van der Waals surface area contributed by atoms with E-state index >= 15 is 0 Å². The Hall–Kier alpha value is -1.10. The van der Waals surface area contributed by atoms with Crippen LogP contribution in [0.3, 0.4) is 0 Å². The van der Waals surface area contributed by atoms with Crippen molar-refractivity contribution in [2.45, 2.75) is 31.5 Å². The summed E-state index contributed by atoms with van der Waals surface area (Å²) in [5.41, 5.74) is 0.774. The Morgan fingerprint density at radius 3 is 2.71 bits per heavy atom. The third-order valence-corrected chi connectivity index (χ3v) is 2.85. The van der Waals surface area contributed by atoms with Crippen molar-refractivity contribution in [2.75, 3.05) is 13.2 Å². The lowest BCUT2D eigenvalue weighted by Crippen LogP contribution is -2.39. The van der Waals surface area contributed by atoms with Gasteiger partial charge >= 0.3 is 0 Å². The number of ether oxygens (including phenoxy) is 1. The van der Waals surface area contributed by atoms with Crippen molar-refractivity contribution in [1.82, 2.24) is 5.32 Å². The number of hydrogen-bond acceptors (Lipinski definition) is 4. The highest BCUT2D eigenvalue weighted by molar-refractivity contribution is 5.32. The fraction of sp³-hybridized carbons (Fsp3) is 0.538. The molecule has 0 heterocycles. The molecule has 1 unspecified atom stereocenters. The van der Waals surface area contributed by atoms with Crippen molar-refractivity contribution in [1.29, 1.82) is 0 Å². The zero-order valence-corrected chi connectivity index (χ0v) is 9.80. The van der Waals surface area contributed by atoms with Gasteiger partial charge in [-0.1, -0.05) is 18.2 Å². The lowest BCUT2D eigenvalue weighted by Gasteiger charge is -2.17. The van der Waals surface area contributed by atoms with Crippen LogP contribution in [0.5, 0.6) is 5.75 Å². The van der Waals surface area contributed by atoms with Gasteiger partial charge in [0.1, 0.15) is 12.4 Å². The van der Waals surface area contributed by atoms with Crippen LogP contribution >= 0.6 is 0 Å². The summed E-state index contributed by atoms with van der Waals surface area (Å²) in [6, 6.07) is 7.91. The molecule has 4 heteroatoms. The third-order valence-electron chi connectivity index (χ3n) is 2.85. The van der Waals surface area contributed by atoms with Crippen molar-refractivity contribution in [3.05, 3.63) is 29.8 Å². The number of rotatable bonds is 7. The van der Waals surface area contributed by atoms with Crippen molar-refractivity contribution in [3.8, 4) is 5.75 Å². The van der Waals surface area contributed by atoms with E-state index in [-0.39, 0.29) is 19.3 Å². The summed E-state index contributed by atoms with van der Waals surface area (Å²) < 4.78 is 5.63. The van der Waals surface area contributed by atoms with Crippen LogP contribution < -0.4 is 10.1 Å². The Kier molecular flexibility index (Phi) is 4.36. The van der Waals surface area contributed by atoms with Gasteiger partial charge in [0, 0.05) is 11.6 Å². The first-order valence-electron chi connectivity index (χ1n) is 6.02. The normalized spacial score (nSPS) is 16.8. The zero-order chi connectivity index (χ0) is 12.1. The van der Waals surface area contributed by atoms with Crippen LogP contribution in [0.1, 0.15) is 18.4 Å². The monoisotopic (exact) mass is 237 g/mol. The van der Waals surface area contributed by atoms with Gasteiger partial charge < -0.3 is 20.3 Å². The molecule has 0 aliphatic heterocycles. The van der Waals surface area contributed by atoms with Crippen LogP contribution in [0.2, 0.25) is 0 Å². The van der Waals surface area contributed by atoms with Gasteiger partial charge in [-0.15, -0.1) is 0 Å². The van der Waals surface area contributed by atoms with E-state index in [9.17, 15) is 5.11 Å². The van der Waals surface area contributed by atoms with Gasteiger partial charge in [0.25, 0.3) is 0 Å². The second-order valence-electron chi connectivity index (χ2n) is 4.40. The van der Waals surface area contributed by atoms with Crippen molar-refractivity contribution >= 4 is 0 Å². The Morgan fingerprint density at radius 1 is 1.29 bits per heavy atom. The minimum atomic E-state index is -0.0331. The number of hydrogen-bond donors (Lipinski definition) is 3. The topological polar surface area (TPSA) is 61.7 Å². The summed E-state index contributed by atoms with van der Waals surface area (Å²) in [5.74, 6) is 0.686. The minimum Gasteiger partial charge on any atom is -0.491 e. The molecule has 0 spiro atoms. The zero-order valence-electron chi connectivity index (χ0n) is 9.80. The number of aliphatic hydroxyl groups is 2. The highest BCUT2D eigenvalue weighted by atomic mass is 16.5. The van der Waals surface area contributed by atoms with E-state index in [2.05, 4.69) is 5.32 Å². The molecule has 1 aliphatic carbocycles. The van der Waals surface area contributed by atoms with Crippen LogP contribution in [0.25, 0.3) is 0 Å². The first-order valence-corrected chi connectivity index (χ1v) is 6.02. The predicted octanol–water partition coefficient (Wildman–Crippen LogP) is 0.671. The molecule has 2 rings (SSSR count). The SMILES string of the molecule is OCc1ccccc1OCC(CO)NC1CC1. The predicted molar refractivity (Wildman–Crippen MR) is 64.9 cm³/mol. The third kappa shape index (κ3) is 3.70. The molecular weight excluding hydrogens is 218 g/mol. The Labute approximate surface area is 101 Å². The Bertz CT molecular complexity index is 352. The average molecular weight is 237 g/mol. The lowest BCUT2D eigenvalue weighted by atomic mass is 10.2. The molecule has 0 radical (unpaired) electrons. The molecule has 0 aromatic heterocycles. The first-order chi connectivity index (χ1) is 8.33. The van der Waals surface area contributed by atoms with Crippen LogP contribution in [-0.4, -0.2) is 35.5 Å². The molecule has 1 atom stereocenters. The van der Waals surface area contributed by atoms with Crippen LogP contribution in [0, 0.1) is 0 Å². The summed E-state index contributed by atoms with van der Waals surface area (Å²) in [4.78, 5) is 0. The second kappa shape index (κ2) is 6.00. The summed E-state index contributed by atoms with van der Waals surface area (Å²) in [6.45, 7) is 0.456. The smallest absolute Gasteiger partial charge is 0.124 e. The maximum atomic E-state index is 9.22. The molecule has 1 saturated carbocycles. The number of para-hydroxylation sites is 1. The minimum absolute atomic E-state index is 0.0317. The van der Waals surface area contributed by atoms with Crippen molar-refractivity contribution in [2.24, 2.45) is 0 Å². The molecule has 4 nitrogen and oxygen atoms in total. The lowest BCUT2D eigenvalue weighted by molar-refractivity contribution is 0.178. The van der Waals surface area contributed by atoms with Gasteiger partial charge in [0.15, 0.2) is 0 Å². The molecule has 3 N–H and O–H groups in total. The summed E-state index contributed by atoms with van der Waals surface area (Å²) >= 11 is 0. The van der Waals surface area contributed by atoms with Gasteiger partial charge in [-0.2, -0.15) is 0 Å². The molecule has 0 amide bonds. The van der Waals surface area contributed by atoms with E-state index in [0.29, 0.717) is 18.4 Å². The Morgan fingerprint density at radius 2 is 2.06 bits per heavy atom. The molecule has 0 saturated heterocycles. The molecule has 1 aromatic rings. The van der Waals surface area contributed by atoms with E-state index in [1.165, 1.54) is 12.8 Å².